The van der Waals surface area contributed by atoms with E-state index in [2.05, 4.69) is 5.32 Å². The molecule has 0 radical (unpaired) electrons. The summed E-state index contributed by atoms with van der Waals surface area (Å²) in [6.07, 6.45) is 0.570. The van der Waals surface area contributed by atoms with Gasteiger partial charge in [-0.25, -0.2) is 4.39 Å². The molecule has 2 aromatic carbocycles. The topological polar surface area (TPSA) is 67.9 Å². The second kappa shape index (κ2) is 10.2. The maximum atomic E-state index is 13.3. The van der Waals surface area contributed by atoms with Gasteiger partial charge in [-0.15, -0.1) is 0 Å². The van der Waals surface area contributed by atoms with Crippen molar-refractivity contribution in [3.8, 4) is 5.75 Å². The van der Waals surface area contributed by atoms with Crippen molar-refractivity contribution in [1.29, 1.82) is 0 Å². The van der Waals surface area contributed by atoms with Crippen molar-refractivity contribution in [2.45, 2.75) is 33.3 Å². The van der Waals surface area contributed by atoms with Crippen LogP contribution in [-0.4, -0.2) is 42.6 Å². The van der Waals surface area contributed by atoms with Gasteiger partial charge in [0.15, 0.2) is 0 Å². The van der Waals surface area contributed by atoms with E-state index in [1.54, 1.807) is 24.3 Å². The molecule has 0 unspecified atom stereocenters. The average molecular weight is 426 g/mol. The largest absolute Gasteiger partial charge is 0.491 e. The Hall–Kier alpha value is -3.19. The highest BCUT2D eigenvalue weighted by Crippen LogP contribution is 2.31. The minimum absolute atomic E-state index is 0.0243. The lowest BCUT2D eigenvalue weighted by molar-refractivity contribution is -0.137. The van der Waals surface area contributed by atoms with Crippen molar-refractivity contribution in [1.82, 2.24) is 4.90 Å². The highest BCUT2D eigenvalue weighted by molar-refractivity contribution is 6.36. The number of amides is 2. The molecule has 1 aliphatic rings. The van der Waals surface area contributed by atoms with Crippen LogP contribution in [0.25, 0.3) is 5.57 Å². The van der Waals surface area contributed by atoms with Crippen molar-refractivity contribution in [3.05, 3.63) is 65.6 Å². The Kier molecular flexibility index (Phi) is 7.41. The number of hydrogen-bond donors (Lipinski definition) is 1. The van der Waals surface area contributed by atoms with E-state index in [4.69, 9.17) is 9.47 Å². The first kappa shape index (κ1) is 22.5. The number of imide groups is 1. The number of rotatable bonds is 10. The maximum Gasteiger partial charge on any atom is 0.278 e. The van der Waals surface area contributed by atoms with Gasteiger partial charge in [-0.1, -0.05) is 12.1 Å². The summed E-state index contributed by atoms with van der Waals surface area (Å²) in [4.78, 5) is 27.5. The number of halogens is 1. The Labute approximate surface area is 181 Å². The number of nitrogens with zero attached hydrogens (tertiary/aromatic N) is 1. The minimum Gasteiger partial charge on any atom is -0.491 e. The lowest BCUT2D eigenvalue weighted by Crippen LogP contribution is -2.34. The fourth-order valence-electron chi connectivity index (χ4n) is 3.28. The quantitative estimate of drug-likeness (QED) is 0.455. The number of carbonyl (C=O) groups is 2. The molecule has 0 bridgehead atoms. The molecule has 31 heavy (non-hydrogen) atoms. The number of carbonyl (C=O) groups excluding carboxylic acids is 2. The number of nitrogens with one attached hydrogen (secondary N) is 1. The van der Waals surface area contributed by atoms with Gasteiger partial charge in [-0.3, -0.25) is 14.5 Å². The molecule has 7 heteroatoms. The van der Waals surface area contributed by atoms with E-state index in [0.717, 1.165) is 0 Å². The highest BCUT2D eigenvalue weighted by atomic mass is 19.1. The molecule has 3 rings (SSSR count). The molecule has 0 saturated heterocycles. The molecule has 0 spiro atoms. The molecule has 0 atom stereocenters. The zero-order valence-electron chi connectivity index (χ0n) is 18.0. The first-order valence-corrected chi connectivity index (χ1v) is 10.4. The van der Waals surface area contributed by atoms with Crippen LogP contribution in [0.4, 0.5) is 10.1 Å². The van der Waals surface area contributed by atoms with Crippen LogP contribution in [-0.2, 0) is 14.3 Å². The Morgan fingerprint density at radius 1 is 1.00 bits per heavy atom. The molecule has 1 N–H and O–H groups in total. The summed E-state index contributed by atoms with van der Waals surface area (Å²) in [6, 6.07) is 12.7. The van der Waals surface area contributed by atoms with Crippen LogP contribution in [0.15, 0.2) is 54.2 Å². The summed E-state index contributed by atoms with van der Waals surface area (Å²) < 4.78 is 24.3. The minimum atomic E-state index is -0.414. The van der Waals surface area contributed by atoms with Gasteiger partial charge in [0.05, 0.1) is 11.7 Å². The fourth-order valence-corrected chi connectivity index (χ4v) is 3.28. The first-order chi connectivity index (χ1) is 14.9. The van der Waals surface area contributed by atoms with Crippen LogP contribution in [0.2, 0.25) is 0 Å². The van der Waals surface area contributed by atoms with Crippen molar-refractivity contribution in [3.63, 3.8) is 0 Å². The van der Waals surface area contributed by atoms with Gasteiger partial charge >= 0.3 is 0 Å². The van der Waals surface area contributed by atoms with Gasteiger partial charge < -0.3 is 14.8 Å². The number of ether oxygens (including phenoxy) is 2. The summed E-state index contributed by atoms with van der Waals surface area (Å²) in [5.41, 5.74) is 1.57. The third-order valence-corrected chi connectivity index (χ3v) is 4.67. The Bertz CT molecular complexity index is 953. The SMILES string of the molecule is CCOCCCN1C(=O)C(Nc2ccc(F)cc2)=C(c2ccc(OC(C)C)cc2)C1=O. The maximum absolute atomic E-state index is 13.3. The van der Waals surface area contributed by atoms with Crippen LogP contribution < -0.4 is 10.1 Å². The normalized spacial score (nSPS) is 14.0. The van der Waals surface area contributed by atoms with Gasteiger partial charge in [-0.05, 0) is 69.2 Å². The van der Waals surface area contributed by atoms with Crippen molar-refractivity contribution in [2.75, 3.05) is 25.1 Å². The monoisotopic (exact) mass is 426 g/mol. The van der Waals surface area contributed by atoms with Crippen LogP contribution in [0.5, 0.6) is 5.75 Å². The van der Waals surface area contributed by atoms with Gasteiger partial charge in [0.1, 0.15) is 17.3 Å². The summed E-state index contributed by atoms with van der Waals surface area (Å²) in [5, 5.41) is 3.01. The molecular weight excluding hydrogens is 399 g/mol. The zero-order chi connectivity index (χ0) is 22.4. The highest BCUT2D eigenvalue weighted by Gasteiger charge is 2.38. The summed E-state index contributed by atoms with van der Waals surface area (Å²) >= 11 is 0. The zero-order valence-corrected chi connectivity index (χ0v) is 18.0. The Morgan fingerprint density at radius 2 is 1.68 bits per heavy atom. The van der Waals surface area contributed by atoms with Gasteiger partial charge in [0, 0.05) is 25.4 Å². The van der Waals surface area contributed by atoms with Gasteiger partial charge in [0.25, 0.3) is 11.8 Å². The molecule has 2 aromatic rings. The van der Waals surface area contributed by atoms with Crippen LogP contribution >= 0.6 is 0 Å². The second-order valence-corrected chi connectivity index (χ2v) is 7.39. The van der Waals surface area contributed by atoms with E-state index >= 15 is 0 Å². The molecule has 0 fully saturated rings. The van der Waals surface area contributed by atoms with Crippen molar-refractivity contribution >= 4 is 23.1 Å². The van der Waals surface area contributed by atoms with Crippen LogP contribution in [0.1, 0.15) is 32.8 Å². The lowest BCUT2D eigenvalue weighted by Gasteiger charge is -2.15. The lowest BCUT2D eigenvalue weighted by atomic mass is 10.0. The van der Waals surface area contributed by atoms with E-state index in [9.17, 15) is 14.0 Å². The van der Waals surface area contributed by atoms with Crippen LogP contribution in [0.3, 0.4) is 0 Å². The predicted octanol–water partition coefficient (Wildman–Crippen LogP) is 4.23. The van der Waals surface area contributed by atoms with Gasteiger partial charge in [0.2, 0.25) is 0 Å². The fraction of sp³-hybridized carbons (Fsp3) is 0.333. The second-order valence-electron chi connectivity index (χ2n) is 7.39. The molecule has 2 amide bonds. The molecular formula is C24H27FN2O4. The molecule has 0 aromatic heterocycles. The number of anilines is 1. The molecule has 6 nitrogen and oxygen atoms in total. The Morgan fingerprint density at radius 3 is 2.29 bits per heavy atom. The van der Waals surface area contributed by atoms with Gasteiger partial charge in [-0.2, -0.15) is 0 Å². The van der Waals surface area contributed by atoms with E-state index in [-0.39, 0.29) is 35.6 Å². The molecule has 164 valence electrons. The van der Waals surface area contributed by atoms with Crippen molar-refractivity contribution in [2.24, 2.45) is 0 Å². The third-order valence-electron chi connectivity index (χ3n) is 4.67. The first-order valence-electron chi connectivity index (χ1n) is 10.4. The molecule has 0 aliphatic carbocycles. The van der Waals surface area contributed by atoms with E-state index in [1.165, 1.54) is 29.2 Å². The van der Waals surface area contributed by atoms with Crippen LogP contribution in [0, 0.1) is 5.82 Å². The predicted molar refractivity (Wildman–Crippen MR) is 117 cm³/mol. The smallest absolute Gasteiger partial charge is 0.278 e. The molecule has 0 saturated carbocycles. The summed E-state index contributed by atoms with van der Waals surface area (Å²) in [6.45, 7) is 7.05. The third kappa shape index (κ3) is 5.49. The number of hydrogen-bond acceptors (Lipinski definition) is 5. The van der Waals surface area contributed by atoms with E-state index in [1.807, 2.05) is 20.8 Å². The van der Waals surface area contributed by atoms with E-state index < -0.39 is 5.91 Å². The Balaban J connectivity index is 1.91. The van der Waals surface area contributed by atoms with Crippen molar-refractivity contribution < 1.29 is 23.5 Å². The average Bonchev–Trinajstić information content (AvgIpc) is 2.97. The van der Waals surface area contributed by atoms with E-state index in [0.29, 0.717) is 36.6 Å². The molecule has 1 aliphatic heterocycles. The summed E-state index contributed by atoms with van der Waals surface area (Å²) in [7, 11) is 0. The summed E-state index contributed by atoms with van der Waals surface area (Å²) in [5.74, 6) is -0.489. The standard InChI is InChI=1S/C24H27FN2O4/c1-4-30-15-5-14-27-23(28)21(17-6-12-20(13-7-17)31-16(2)3)22(24(27)29)26-19-10-8-18(25)9-11-19/h6-13,16,26H,4-5,14-15H2,1-3H3. The molecule has 1 heterocycles. The number of benzene rings is 2.